The molecule has 7 heteroatoms. The molecule has 0 radical (unpaired) electrons. The molecule has 1 saturated heterocycles. The van der Waals surface area contributed by atoms with Gasteiger partial charge < -0.3 is 15.5 Å². The lowest BCUT2D eigenvalue weighted by Crippen LogP contribution is -2.46. The zero-order valence-corrected chi connectivity index (χ0v) is 18.1. The van der Waals surface area contributed by atoms with Crippen molar-refractivity contribution in [3.8, 4) is 0 Å². The van der Waals surface area contributed by atoms with Crippen LogP contribution in [-0.2, 0) is 11.3 Å². The van der Waals surface area contributed by atoms with Gasteiger partial charge in [-0.2, -0.15) is 0 Å². The highest BCUT2D eigenvalue weighted by molar-refractivity contribution is 5.92. The number of carbonyl (C=O) groups excluding carboxylic acids is 2. The number of hydrogen-bond donors (Lipinski definition) is 2. The molecule has 30 heavy (non-hydrogen) atoms. The van der Waals surface area contributed by atoms with E-state index in [0.717, 1.165) is 56.2 Å². The highest BCUT2D eigenvalue weighted by Gasteiger charge is 2.20. The van der Waals surface area contributed by atoms with E-state index in [1.807, 2.05) is 32.0 Å². The van der Waals surface area contributed by atoms with Gasteiger partial charge in [0.25, 0.3) is 5.91 Å². The minimum atomic E-state index is -0.164. The van der Waals surface area contributed by atoms with E-state index in [9.17, 15) is 9.59 Å². The first-order chi connectivity index (χ1) is 14.5. The Hall–Kier alpha value is -2.93. The monoisotopic (exact) mass is 409 g/mol. The van der Waals surface area contributed by atoms with Crippen molar-refractivity contribution in [3.63, 3.8) is 0 Å². The van der Waals surface area contributed by atoms with E-state index in [0.29, 0.717) is 12.1 Å². The van der Waals surface area contributed by atoms with Crippen molar-refractivity contribution >= 4 is 23.2 Å². The van der Waals surface area contributed by atoms with Crippen LogP contribution in [0.5, 0.6) is 0 Å². The van der Waals surface area contributed by atoms with Gasteiger partial charge in [-0.3, -0.25) is 14.5 Å². The summed E-state index contributed by atoms with van der Waals surface area (Å²) in [6, 6.07) is 11.9. The van der Waals surface area contributed by atoms with Gasteiger partial charge in [-0.15, -0.1) is 0 Å². The van der Waals surface area contributed by atoms with E-state index in [4.69, 9.17) is 0 Å². The maximum atomic E-state index is 11.8. The Balaban J connectivity index is 1.56. The fraction of sp³-hybridized carbons (Fsp3) is 0.435. The van der Waals surface area contributed by atoms with Crippen LogP contribution in [0.25, 0.3) is 0 Å². The van der Waals surface area contributed by atoms with Gasteiger partial charge in [0.05, 0.1) is 11.4 Å². The number of aryl methyl sites for hydroxylation is 1. The lowest BCUT2D eigenvalue weighted by molar-refractivity contribution is -0.116. The molecule has 1 aromatic carbocycles. The Bertz CT molecular complexity index is 891. The van der Waals surface area contributed by atoms with Gasteiger partial charge in [-0.1, -0.05) is 19.1 Å². The van der Waals surface area contributed by atoms with E-state index in [-0.39, 0.29) is 11.8 Å². The molecule has 0 atom stereocenters. The second kappa shape index (κ2) is 10.2. The highest BCUT2D eigenvalue weighted by atomic mass is 16.2. The molecular formula is C23H31N5O2. The van der Waals surface area contributed by atoms with Crippen LogP contribution in [0.15, 0.2) is 36.4 Å². The Morgan fingerprint density at radius 2 is 1.87 bits per heavy atom. The molecular weight excluding hydrogens is 378 g/mol. The third-order valence-electron chi connectivity index (χ3n) is 5.32. The number of nitrogens with one attached hydrogen (secondary N) is 2. The first-order valence-corrected chi connectivity index (χ1v) is 10.6. The summed E-state index contributed by atoms with van der Waals surface area (Å²) in [4.78, 5) is 32.8. The zero-order valence-electron chi connectivity index (χ0n) is 18.1. The molecule has 2 aromatic rings. The number of carbonyl (C=O) groups is 2. The average molecular weight is 410 g/mol. The Kier molecular flexibility index (Phi) is 7.41. The number of nitrogens with zero attached hydrogens (tertiary/aromatic N) is 3. The molecule has 2 amide bonds. The van der Waals surface area contributed by atoms with Crippen LogP contribution in [0.1, 0.15) is 41.5 Å². The van der Waals surface area contributed by atoms with Crippen molar-refractivity contribution in [1.82, 2.24) is 15.2 Å². The summed E-state index contributed by atoms with van der Waals surface area (Å²) in [5, 5.41) is 5.58. The Morgan fingerprint density at radius 3 is 2.53 bits per heavy atom. The highest BCUT2D eigenvalue weighted by Crippen LogP contribution is 2.21. The maximum absolute atomic E-state index is 11.8. The molecule has 7 nitrogen and oxygen atoms in total. The lowest BCUT2D eigenvalue weighted by Gasteiger charge is -2.36. The molecule has 1 aromatic heterocycles. The quantitative estimate of drug-likeness (QED) is 0.735. The fourth-order valence-corrected chi connectivity index (χ4v) is 3.75. The van der Waals surface area contributed by atoms with E-state index in [1.165, 1.54) is 5.56 Å². The molecule has 160 valence electrons. The topological polar surface area (TPSA) is 77.6 Å². The number of hydrogen-bond acceptors (Lipinski definition) is 5. The largest absolute Gasteiger partial charge is 0.368 e. The van der Waals surface area contributed by atoms with E-state index < -0.39 is 0 Å². The van der Waals surface area contributed by atoms with Gasteiger partial charge in [-0.05, 0) is 43.2 Å². The molecule has 1 aliphatic heterocycles. The van der Waals surface area contributed by atoms with Crippen LogP contribution < -0.4 is 15.5 Å². The van der Waals surface area contributed by atoms with E-state index >= 15 is 0 Å². The number of pyridine rings is 1. The normalized spacial score (nSPS) is 14.4. The standard InChI is InChI=1S/C23H31N5O2/c1-4-6-22(29)26-19-8-5-7-18(15-19)16-27-11-13-28(14-12-27)21-10-9-20(23(30)24-3)25-17(21)2/h5,7-10,15H,4,6,11-14,16H2,1-3H3,(H,24,30)(H,26,29). The summed E-state index contributed by atoms with van der Waals surface area (Å²) < 4.78 is 0. The van der Waals surface area contributed by atoms with Crippen LogP contribution in [0.2, 0.25) is 0 Å². The van der Waals surface area contributed by atoms with Gasteiger partial charge in [-0.25, -0.2) is 4.98 Å². The number of aromatic nitrogens is 1. The summed E-state index contributed by atoms with van der Waals surface area (Å²) in [6.45, 7) is 8.53. The second-order valence-corrected chi connectivity index (χ2v) is 7.64. The molecule has 0 unspecified atom stereocenters. The van der Waals surface area contributed by atoms with Crippen molar-refractivity contribution in [2.24, 2.45) is 0 Å². The van der Waals surface area contributed by atoms with Gasteiger partial charge in [0.15, 0.2) is 0 Å². The van der Waals surface area contributed by atoms with Crippen LogP contribution in [0.4, 0.5) is 11.4 Å². The Labute approximate surface area is 178 Å². The van der Waals surface area contributed by atoms with Crippen LogP contribution >= 0.6 is 0 Å². The van der Waals surface area contributed by atoms with Crippen molar-refractivity contribution in [2.75, 3.05) is 43.4 Å². The fourth-order valence-electron chi connectivity index (χ4n) is 3.75. The van der Waals surface area contributed by atoms with Crippen LogP contribution in [0, 0.1) is 6.92 Å². The summed E-state index contributed by atoms with van der Waals surface area (Å²) in [5.41, 5.74) is 4.47. The van der Waals surface area contributed by atoms with Gasteiger partial charge in [0, 0.05) is 51.9 Å². The van der Waals surface area contributed by atoms with Crippen LogP contribution in [-0.4, -0.2) is 54.9 Å². The molecule has 1 fully saturated rings. The predicted octanol–water partition coefficient (Wildman–Crippen LogP) is 2.81. The predicted molar refractivity (Wildman–Crippen MR) is 120 cm³/mol. The van der Waals surface area contributed by atoms with E-state index in [1.54, 1.807) is 13.1 Å². The number of anilines is 2. The number of benzene rings is 1. The molecule has 3 rings (SSSR count). The maximum Gasteiger partial charge on any atom is 0.269 e. The van der Waals surface area contributed by atoms with Crippen molar-refractivity contribution in [2.45, 2.75) is 33.2 Å². The average Bonchev–Trinajstić information content (AvgIpc) is 2.74. The minimum Gasteiger partial charge on any atom is -0.368 e. The summed E-state index contributed by atoms with van der Waals surface area (Å²) >= 11 is 0. The van der Waals surface area contributed by atoms with Gasteiger partial charge in [0.2, 0.25) is 5.91 Å². The second-order valence-electron chi connectivity index (χ2n) is 7.64. The van der Waals surface area contributed by atoms with Gasteiger partial charge >= 0.3 is 0 Å². The molecule has 2 heterocycles. The first-order valence-electron chi connectivity index (χ1n) is 10.6. The summed E-state index contributed by atoms with van der Waals surface area (Å²) in [6.07, 6.45) is 1.39. The van der Waals surface area contributed by atoms with Gasteiger partial charge in [0.1, 0.15) is 5.69 Å². The Morgan fingerprint density at radius 1 is 1.10 bits per heavy atom. The molecule has 2 N–H and O–H groups in total. The van der Waals surface area contributed by atoms with E-state index in [2.05, 4.69) is 37.6 Å². The smallest absolute Gasteiger partial charge is 0.269 e. The number of amides is 2. The summed E-state index contributed by atoms with van der Waals surface area (Å²) in [5.74, 6) is -0.0998. The lowest BCUT2D eigenvalue weighted by atomic mass is 10.1. The molecule has 0 spiro atoms. The molecule has 1 aliphatic rings. The zero-order chi connectivity index (χ0) is 21.5. The summed E-state index contributed by atoms with van der Waals surface area (Å²) in [7, 11) is 1.61. The van der Waals surface area contributed by atoms with Crippen molar-refractivity contribution < 1.29 is 9.59 Å². The SMILES string of the molecule is CCCC(=O)Nc1cccc(CN2CCN(c3ccc(C(=O)NC)nc3C)CC2)c1. The number of piperazine rings is 1. The van der Waals surface area contributed by atoms with Crippen molar-refractivity contribution in [1.29, 1.82) is 0 Å². The molecule has 0 bridgehead atoms. The third kappa shape index (κ3) is 5.57. The number of rotatable bonds is 7. The minimum absolute atomic E-state index is 0.0645. The molecule has 0 aliphatic carbocycles. The molecule has 0 saturated carbocycles. The van der Waals surface area contributed by atoms with Crippen LogP contribution in [0.3, 0.4) is 0 Å². The first kappa shape index (κ1) is 21.8. The third-order valence-corrected chi connectivity index (χ3v) is 5.32. The van der Waals surface area contributed by atoms with Crippen molar-refractivity contribution in [3.05, 3.63) is 53.3 Å².